The number of hydrogen-bond acceptors (Lipinski definition) is 4. The van der Waals surface area contributed by atoms with Crippen molar-refractivity contribution in [1.29, 1.82) is 0 Å². The number of aryl methyl sites for hydroxylation is 1. The number of rotatable bonds is 4. The molecule has 0 saturated heterocycles. The number of amides is 1. The number of aromatic nitrogens is 3. The van der Waals surface area contributed by atoms with Gasteiger partial charge in [0.1, 0.15) is 12.1 Å². The van der Waals surface area contributed by atoms with Crippen molar-refractivity contribution in [1.82, 2.24) is 20.4 Å². The predicted octanol–water partition coefficient (Wildman–Crippen LogP) is 1.89. The van der Waals surface area contributed by atoms with Crippen LogP contribution in [0, 0.1) is 6.92 Å². The largest absolute Gasteiger partial charge is 0.271 e. The quantitative estimate of drug-likeness (QED) is 0.590. The molecule has 0 spiro atoms. The van der Waals surface area contributed by atoms with Gasteiger partial charge in [0.25, 0.3) is 5.91 Å². The Morgan fingerprint density at radius 3 is 3.00 bits per heavy atom. The lowest BCUT2D eigenvalue weighted by Gasteiger charge is -2.01. The zero-order valence-corrected chi connectivity index (χ0v) is 12.1. The van der Waals surface area contributed by atoms with Gasteiger partial charge in [0, 0.05) is 0 Å². The Kier molecular flexibility index (Phi) is 3.91. The third kappa shape index (κ3) is 3.17. The van der Waals surface area contributed by atoms with Crippen molar-refractivity contribution < 1.29 is 4.79 Å². The second-order valence-corrected chi connectivity index (χ2v) is 4.94. The standard InChI is InChI=1S/C16H15N5O/c1-12-5-4-6-13(9-12)10-17-19-16(22)11-21-15-8-3-2-7-14(15)18-20-21/h2-10H,11H2,1H3,(H,19,22). The van der Waals surface area contributed by atoms with E-state index < -0.39 is 0 Å². The van der Waals surface area contributed by atoms with Crippen molar-refractivity contribution in [3.8, 4) is 0 Å². The highest BCUT2D eigenvalue weighted by Crippen LogP contribution is 2.09. The molecule has 0 unspecified atom stereocenters. The van der Waals surface area contributed by atoms with E-state index in [0.29, 0.717) is 0 Å². The molecule has 1 heterocycles. The van der Waals surface area contributed by atoms with Gasteiger partial charge in [-0.25, -0.2) is 10.1 Å². The number of hydrazone groups is 1. The highest BCUT2D eigenvalue weighted by molar-refractivity contribution is 5.83. The molecule has 0 aliphatic rings. The zero-order valence-electron chi connectivity index (χ0n) is 12.1. The fraction of sp³-hybridized carbons (Fsp3) is 0.125. The summed E-state index contributed by atoms with van der Waals surface area (Å²) >= 11 is 0. The summed E-state index contributed by atoms with van der Waals surface area (Å²) in [7, 11) is 0. The number of hydrogen-bond donors (Lipinski definition) is 1. The molecule has 2 aromatic carbocycles. The maximum atomic E-state index is 11.9. The number of nitrogens with one attached hydrogen (secondary N) is 1. The lowest BCUT2D eigenvalue weighted by Crippen LogP contribution is -2.23. The van der Waals surface area contributed by atoms with E-state index in [1.807, 2.05) is 55.5 Å². The van der Waals surface area contributed by atoms with Crippen LogP contribution in [-0.4, -0.2) is 27.1 Å². The van der Waals surface area contributed by atoms with E-state index in [1.54, 1.807) is 10.9 Å². The first-order valence-electron chi connectivity index (χ1n) is 6.89. The van der Waals surface area contributed by atoms with Gasteiger partial charge in [0.05, 0.1) is 11.7 Å². The number of benzene rings is 2. The van der Waals surface area contributed by atoms with Gasteiger partial charge in [-0.2, -0.15) is 5.10 Å². The Morgan fingerprint density at radius 2 is 2.14 bits per heavy atom. The first-order valence-corrected chi connectivity index (χ1v) is 6.89. The van der Waals surface area contributed by atoms with E-state index in [2.05, 4.69) is 20.8 Å². The van der Waals surface area contributed by atoms with E-state index in [4.69, 9.17) is 0 Å². The van der Waals surface area contributed by atoms with Crippen LogP contribution in [0.5, 0.6) is 0 Å². The Balaban J connectivity index is 1.63. The van der Waals surface area contributed by atoms with Crippen LogP contribution in [-0.2, 0) is 11.3 Å². The molecule has 110 valence electrons. The molecule has 1 aromatic heterocycles. The monoisotopic (exact) mass is 293 g/mol. The van der Waals surface area contributed by atoms with Gasteiger partial charge < -0.3 is 0 Å². The Morgan fingerprint density at radius 1 is 1.27 bits per heavy atom. The van der Waals surface area contributed by atoms with Gasteiger partial charge >= 0.3 is 0 Å². The summed E-state index contributed by atoms with van der Waals surface area (Å²) in [6.45, 7) is 2.08. The highest BCUT2D eigenvalue weighted by atomic mass is 16.2. The zero-order chi connectivity index (χ0) is 15.4. The summed E-state index contributed by atoms with van der Waals surface area (Å²) in [4.78, 5) is 11.9. The molecule has 22 heavy (non-hydrogen) atoms. The van der Waals surface area contributed by atoms with Gasteiger partial charge in [-0.05, 0) is 24.6 Å². The van der Waals surface area contributed by atoms with Crippen LogP contribution in [0.4, 0.5) is 0 Å². The fourth-order valence-electron chi connectivity index (χ4n) is 2.13. The number of para-hydroxylation sites is 1. The number of carbonyl (C=O) groups is 1. The van der Waals surface area contributed by atoms with Crippen LogP contribution >= 0.6 is 0 Å². The summed E-state index contributed by atoms with van der Waals surface area (Å²) < 4.78 is 1.55. The summed E-state index contributed by atoms with van der Waals surface area (Å²) in [5.41, 5.74) is 6.16. The van der Waals surface area contributed by atoms with Crippen molar-refractivity contribution in [3.63, 3.8) is 0 Å². The molecule has 6 heteroatoms. The van der Waals surface area contributed by atoms with E-state index in [1.165, 1.54) is 0 Å². The van der Waals surface area contributed by atoms with E-state index in [9.17, 15) is 4.79 Å². The Labute approximate surface area is 127 Å². The molecule has 6 nitrogen and oxygen atoms in total. The van der Waals surface area contributed by atoms with E-state index in [-0.39, 0.29) is 12.5 Å². The molecule has 1 N–H and O–H groups in total. The second kappa shape index (κ2) is 6.17. The van der Waals surface area contributed by atoms with Gasteiger partial charge in [0.15, 0.2) is 0 Å². The van der Waals surface area contributed by atoms with Crippen LogP contribution < -0.4 is 5.43 Å². The third-order valence-corrected chi connectivity index (χ3v) is 3.16. The van der Waals surface area contributed by atoms with Crippen LogP contribution in [0.3, 0.4) is 0 Å². The Hall–Kier alpha value is -3.02. The molecule has 1 amide bonds. The highest BCUT2D eigenvalue weighted by Gasteiger charge is 2.07. The molecule has 0 fully saturated rings. The van der Waals surface area contributed by atoms with E-state index in [0.717, 1.165) is 22.2 Å². The SMILES string of the molecule is Cc1cccc(C=NNC(=O)Cn2nnc3ccccc32)c1. The second-order valence-electron chi connectivity index (χ2n) is 4.94. The molecule has 0 saturated carbocycles. The molecule has 3 rings (SSSR count). The summed E-state index contributed by atoms with van der Waals surface area (Å²) in [5.74, 6) is -0.250. The summed E-state index contributed by atoms with van der Waals surface area (Å²) in [5, 5.41) is 11.9. The molecule has 0 aliphatic heterocycles. The topological polar surface area (TPSA) is 72.2 Å². The van der Waals surface area contributed by atoms with Crippen molar-refractivity contribution >= 4 is 23.2 Å². The predicted molar refractivity (Wildman–Crippen MR) is 84.4 cm³/mol. The summed E-state index contributed by atoms with van der Waals surface area (Å²) in [6.07, 6.45) is 1.62. The molecule has 0 aliphatic carbocycles. The van der Waals surface area contributed by atoms with Gasteiger partial charge in [-0.1, -0.05) is 47.2 Å². The van der Waals surface area contributed by atoms with Crippen molar-refractivity contribution in [3.05, 3.63) is 59.7 Å². The molecular weight excluding hydrogens is 278 g/mol. The van der Waals surface area contributed by atoms with Crippen molar-refractivity contribution in [2.45, 2.75) is 13.5 Å². The minimum absolute atomic E-state index is 0.0751. The lowest BCUT2D eigenvalue weighted by molar-refractivity contribution is -0.121. The average Bonchev–Trinajstić information content (AvgIpc) is 2.91. The van der Waals surface area contributed by atoms with E-state index >= 15 is 0 Å². The maximum Gasteiger partial charge on any atom is 0.261 e. The molecule has 3 aromatic rings. The Bertz CT molecular complexity index is 837. The molecule has 0 radical (unpaired) electrons. The van der Waals surface area contributed by atoms with Gasteiger partial charge in [-0.15, -0.1) is 5.10 Å². The van der Waals surface area contributed by atoms with Crippen molar-refractivity contribution in [2.24, 2.45) is 5.10 Å². The third-order valence-electron chi connectivity index (χ3n) is 3.16. The van der Waals surface area contributed by atoms with Crippen LogP contribution in [0.15, 0.2) is 53.6 Å². The maximum absolute atomic E-state index is 11.9. The first kappa shape index (κ1) is 13.9. The molecule has 0 atom stereocenters. The van der Waals surface area contributed by atoms with Gasteiger partial charge in [-0.3, -0.25) is 4.79 Å². The smallest absolute Gasteiger partial charge is 0.261 e. The molecular formula is C16H15N5O. The van der Waals surface area contributed by atoms with Gasteiger partial charge in [0.2, 0.25) is 0 Å². The van der Waals surface area contributed by atoms with Crippen LogP contribution in [0.25, 0.3) is 11.0 Å². The number of carbonyl (C=O) groups excluding carboxylic acids is 1. The average molecular weight is 293 g/mol. The molecule has 0 bridgehead atoms. The van der Waals surface area contributed by atoms with Crippen molar-refractivity contribution in [2.75, 3.05) is 0 Å². The summed E-state index contributed by atoms with van der Waals surface area (Å²) in [6, 6.07) is 15.4. The minimum atomic E-state index is -0.250. The normalized spacial score (nSPS) is 11.1. The lowest BCUT2D eigenvalue weighted by atomic mass is 10.2. The number of fused-ring (bicyclic) bond motifs is 1. The number of nitrogens with zero attached hydrogens (tertiary/aromatic N) is 4. The fourth-order valence-corrected chi connectivity index (χ4v) is 2.13. The first-order chi connectivity index (χ1) is 10.7. The van der Waals surface area contributed by atoms with Crippen LogP contribution in [0.1, 0.15) is 11.1 Å². The van der Waals surface area contributed by atoms with Crippen LogP contribution in [0.2, 0.25) is 0 Å². The minimum Gasteiger partial charge on any atom is -0.271 e.